The topological polar surface area (TPSA) is 90.3 Å². The van der Waals surface area contributed by atoms with Gasteiger partial charge in [-0.25, -0.2) is 4.68 Å². The van der Waals surface area contributed by atoms with Gasteiger partial charge in [-0.1, -0.05) is 6.07 Å². The summed E-state index contributed by atoms with van der Waals surface area (Å²) in [6.07, 6.45) is -1.90. The molecule has 0 radical (unpaired) electrons. The molecule has 0 spiro atoms. The van der Waals surface area contributed by atoms with E-state index in [-0.39, 0.29) is 17.9 Å². The van der Waals surface area contributed by atoms with Crippen LogP contribution in [0.1, 0.15) is 34.6 Å². The second-order valence-corrected chi connectivity index (χ2v) is 7.16. The number of ether oxygens (including phenoxy) is 2. The van der Waals surface area contributed by atoms with Crippen molar-refractivity contribution in [2.45, 2.75) is 24.7 Å². The number of benzene rings is 1. The number of carbonyl (C=O) groups is 1. The number of anilines is 2. The molecule has 2 N–H and O–H groups in total. The highest BCUT2D eigenvalue weighted by molar-refractivity contribution is 6.03. The average molecular weight is 447 g/mol. The van der Waals surface area contributed by atoms with Gasteiger partial charge in [-0.05, 0) is 29.8 Å². The highest BCUT2D eigenvalue weighted by Crippen LogP contribution is 2.44. The van der Waals surface area contributed by atoms with Crippen LogP contribution in [-0.4, -0.2) is 41.1 Å². The molecule has 1 amide bonds. The van der Waals surface area contributed by atoms with E-state index in [1.807, 2.05) is 0 Å². The number of fused-ring (bicyclic) bond motifs is 1. The van der Waals surface area contributed by atoms with Gasteiger partial charge in [-0.3, -0.25) is 9.78 Å². The number of nitrogens with zero attached hydrogens (tertiary/aromatic N) is 3. The predicted octanol–water partition coefficient (Wildman–Crippen LogP) is 4.21. The molecule has 8 nitrogen and oxygen atoms in total. The lowest BCUT2D eigenvalue weighted by Gasteiger charge is -2.33. The maximum atomic E-state index is 13.9. The highest BCUT2D eigenvalue weighted by atomic mass is 19.4. The van der Waals surface area contributed by atoms with E-state index >= 15 is 0 Å². The zero-order chi connectivity index (χ0) is 22.9. The standard InChI is InChI=1S/C21H20F3N5O3/c1-31-16-6-5-12(8-17(16)32-2)14-9-18(21(22,23)24)29-19(27-14)10-15(28-29)20(30)26-13-4-3-7-25-11-13/h3-8,10-11,14,18,27H,9H2,1-2H3,(H,26,30)/t14-,18+/m0/s1. The van der Waals surface area contributed by atoms with E-state index in [1.54, 1.807) is 30.3 Å². The zero-order valence-electron chi connectivity index (χ0n) is 17.2. The van der Waals surface area contributed by atoms with Crippen LogP contribution in [0.3, 0.4) is 0 Å². The van der Waals surface area contributed by atoms with E-state index in [4.69, 9.17) is 9.47 Å². The first kappa shape index (κ1) is 21.5. The minimum atomic E-state index is -4.56. The summed E-state index contributed by atoms with van der Waals surface area (Å²) in [7, 11) is 2.93. The molecule has 2 atom stereocenters. The van der Waals surface area contributed by atoms with Crippen molar-refractivity contribution in [3.05, 3.63) is 60.0 Å². The van der Waals surface area contributed by atoms with Crippen LogP contribution in [0.15, 0.2) is 48.8 Å². The van der Waals surface area contributed by atoms with Crippen molar-refractivity contribution in [2.24, 2.45) is 0 Å². The Morgan fingerprint density at radius 3 is 2.62 bits per heavy atom. The number of hydrogen-bond donors (Lipinski definition) is 2. The molecule has 3 aromatic rings. The SMILES string of the molecule is COc1ccc([C@@H]2C[C@H](C(F)(F)F)n3nc(C(=O)Nc4cccnc4)cc3N2)cc1OC. The fourth-order valence-corrected chi connectivity index (χ4v) is 3.60. The summed E-state index contributed by atoms with van der Waals surface area (Å²) in [5.74, 6) is 0.338. The van der Waals surface area contributed by atoms with Crippen molar-refractivity contribution >= 4 is 17.4 Å². The Labute approximate surface area is 181 Å². The summed E-state index contributed by atoms with van der Waals surface area (Å²) in [6, 6.07) is 6.90. The molecule has 0 aliphatic carbocycles. The molecule has 0 saturated heterocycles. The molecule has 3 heterocycles. The van der Waals surface area contributed by atoms with Crippen molar-refractivity contribution in [1.82, 2.24) is 14.8 Å². The largest absolute Gasteiger partial charge is 0.493 e. The van der Waals surface area contributed by atoms with Gasteiger partial charge in [0.1, 0.15) is 5.82 Å². The first-order valence-electron chi connectivity index (χ1n) is 9.66. The maximum Gasteiger partial charge on any atom is 0.410 e. The molecule has 168 valence electrons. The summed E-state index contributed by atoms with van der Waals surface area (Å²) >= 11 is 0. The number of hydrogen-bond acceptors (Lipinski definition) is 6. The van der Waals surface area contributed by atoms with Gasteiger partial charge in [0.15, 0.2) is 23.2 Å². The van der Waals surface area contributed by atoms with Gasteiger partial charge in [-0.15, -0.1) is 0 Å². The summed E-state index contributed by atoms with van der Waals surface area (Å²) in [6.45, 7) is 0. The number of alkyl halides is 3. The third-order valence-electron chi connectivity index (χ3n) is 5.15. The Bertz CT molecular complexity index is 1120. The number of carbonyl (C=O) groups excluding carboxylic acids is 1. The monoisotopic (exact) mass is 447 g/mol. The molecule has 1 aromatic carbocycles. The third kappa shape index (κ3) is 4.18. The molecule has 0 fully saturated rings. The molecule has 2 aromatic heterocycles. The molecular formula is C21H20F3N5O3. The summed E-state index contributed by atoms with van der Waals surface area (Å²) < 4.78 is 53.0. The normalized spacial score (nSPS) is 17.8. The van der Waals surface area contributed by atoms with E-state index in [9.17, 15) is 18.0 Å². The molecule has 32 heavy (non-hydrogen) atoms. The van der Waals surface area contributed by atoms with E-state index in [0.717, 1.165) is 4.68 Å². The third-order valence-corrected chi connectivity index (χ3v) is 5.15. The molecule has 4 rings (SSSR count). The summed E-state index contributed by atoms with van der Waals surface area (Å²) in [5.41, 5.74) is 0.858. The van der Waals surface area contributed by atoms with Crippen molar-refractivity contribution in [2.75, 3.05) is 24.9 Å². The van der Waals surface area contributed by atoms with E-state index in [0.29, 0.717) is 22.7 Å². The van der Waals surface area contributed by atoms with Gasteiger partial charge in [0, 0.05) is 18.7 Å². The number of halogens is 3. The minimum absolute atomic E-state index is 0.0923. The lowest BCUT2D eigenvalue weighted by atomic mass is 9.96. The molecule has 0 saturated carbocycles. The minimum Gasteiger partial charge on any atom is -0.493 e. The fraction of sp³-hybridized carbons (Fsp3) is 0.286. The molecule has 11 heteroatoms. The number of amides is 1. The molecule has 0 unspecified atom stereocenters. The number of nitrogens with one attached hydrogen (secondary N) is 2. The first-order chi connectivity index (χ1) is 15.3. The number of aromatic nitrogens is 3. The van der Waals surface area contributed by atoms with Gasteiger partial charge in [0.05, 0.1) is 32.1 Å². The van der Waals surface area contributed by atoms with Crippen LogP contribution in [0, 0.1) is 0 Å². The molecule has 0 bridgehead atoms. The zero-order valence-corrected chi connectivity index (χ0v) is 17.2. The van der Waals surface area contributed by atoms with Crippen molar-refractivity contribution in [3.8, 4) is 11.5 Å². The predicted molar refractivity (Wildman–Crippen MR) is 110 cm³/mol. The Hall–Kier alpha value is -3.76. The average Bonchev–Trinajstić information content (AvgIpc) is 3.22. The quantitative estimate of drug-likeness (QED) is 0.609. The van der Waals surface area contributed by atoms with E-state index in [2.05, 4.69) is 20.7 Å². The van der Waals surface area contributed by atoms with Crippen molar-refractivity contribution in [3.63, 3.8) is 0 Å². The first-order valence-corrected chi connectivity index (χ1v) is 9.66. The van der Waals surface area contributed by atoms with Crippen LogP contribution in [0.25, 0.3) is 0 Å². The van der Waals surface area contributed by atoms with Crippen LogP contribution in [0.2, 0.25) is 0 Å². The summed E-state index contributed by atoms with van der Waals surface area (Å²) in [5, 5.41) is 9.57. The Morgan fingerprint density at radius 2 is 1.97 bits per heavy atom. The van der Waals surface area contributed by atoms with Gasteiger partial charge >= 0.3 is 6.18 Å². The second-order valence-electron chi connectivity index (χ2n) is 7.16. The lowest BCUT2D eigenvalue weighted by Crippen LogP contribution is -2.35. The van der Waals surface area contributed by atoms with Crippen LogP contribution < -0.4 is 20.1 Å². The smallest absolute Gasteiger partial charge is 0.410 e. The summed E-state index contributed by atoms with van der Waals surface area (Å²) in [4.78, 5) is 16.4. The van der Waals surface area contributed by atoms with Crippen molar-refractivity contribution in [1.29, 1.82) is 0 Å². The van der Waals surface area contributed by atoms with E-state index in [1.165, 1.54) is 32.7 Å². The van der Waals surface area contributed by atoms with Gasteiger partial charge in [0.2, 0.25) is 0 Å². The fourth-order valence-electron chi connectivity index (χ4n) is 3.60. The number of rotatable bonds is 5. The molecular weight excluding hydrogens is 427 g/mol. The lowest BCUT2D eigenvalue weighted by molar-refractivity contribution is -0.173. The van der Waals surface area contributed by atoms with Crippen LogP contribution in [0.5, 0.6) is 11.5 Å². The van der Waals surface area contributed by atoms with Crippen LogP contribution in [-0.2, 0) is 0 Å². The van der Waals surface area contributed by atoms with Crippen molar-refractivity contribution < 1.29 is 27.4 Å². The van der Waals surface area contributed by atoms with Crippen LogP contribution in [0.4, 0.5) is 24.7 Å². The number of pyridine rings is 1. The highest BCUT2D eigenvalue weighted by Gasteiger charge is 2.47. The van der Waals surface area contributed by atoms with Gasteiger partial charge in [0.25, 0.3) is 5.91 Å². The van der Waals surface area contributed by atoms with Gasteiger partial charge < -0.3 is 20.1 Å². The molecule has 1 aliphatic heterocycles. The number of methoxy groups -OCH3 is 2. The van der Waals surface area contributed by atoms with Gasteiger partial charge in [-0.2, -0.15) is 18.3 Å². The Morgan fingerprint density at radius 1 is 1.19 bits per heavy atom. The Kier molecular flexibility index (Phi) is 5.64. The van der Waals surface area contributed by atoms with Crippen LogP contribution >= 0.6 is 0 Å². The maximum absolute atomic E-state index is 13.9. The molecule has 1 aliphatic rings. The van der Waals surface area contributed by atoms with E-state index < -0.39 is 24.2 Å². The Balaban J connectivity index is 1.66. The second kappa shape index (κ2) is 8.40.